The van der Waals surface area contributed by atoms with Crippen LogP contribution in [0.1, 0.15) is 31.7 Å². The minimum atomic E-state index is -0.437. The number of carbonyl (C=O) groups excluding carboxylic acids is 3. The van der Waals surface area contributed by atoms with Gasteiger partial charge in [-0.15, -0.1) is 0 Å². The molecule has 156 valence electrons. The number of hydrogen-bond donors (Lipinski definition) is 0. The van der Waals surface area contributed by atoms with E-state index >= 15 is 0 Å². The second kappa shape index (κ2) is 9.84. The van der Waals surface area contributed by atoms with Gasteiger partial charge in [0.1, 0.15) is 6.54 Å². The van der Waals surface area contributed by atoms with Crippen molar-refractivity contribution in [2.75, 3.05) is 33.4 Å². The van der Waals surface area contributed by atoms with E-state index in [1.165, 1.54) is 0 Å². The first-order chi connectivity index (χ1) is 13.9. The largest absolute Gasteiger partial charge is 0.493 e. The maximum atomic E-state index is 12.7. The number of halogens is 1. The third-order valence-electron chi connectivity index (χ3n) is 4.71. The van der Waals surface area contributed by atoms with Gasteiger partial charge in [0.2, 0.25) is 5.91 Å². The Kier molecular flexibility index (Phi) is 7.44. The molecule has 2 aliphatic heterocycles. The number of thioether (sulfide) groups is 1. The quantitative estimate of drug-likeness (QED) is 0.412. The van der Waals surface area contributed by atoms with Crippen LogP contribution in [0.15, 0.2) is 17.0 Å². The number of likely N-dealkylation sites (tertiary alicyclic amines) is 1. The van der Waals surface area contributed by atoms with E-state index in [4.69, 9.17) is 9.47 Å². The molecule has 1 aromatic rings. The molecule has 7 nitrogen and oxygen atoms in total. The minimum absolute atomic E-state index is 0.175. The Bertz CT molecular complexity index is 852. The average molecular weight is 530 g/mol. The van der Waals surface area contributed by atoms with Crippen molar-refractivity contribution in [3.63, 3.8) is 0 Å². The highest BCUT2D eigenvalue weighted by atomic mass is 127. The molecule has 2 saturated heterocycles. The standard InChI is InChI=1S/C20H23IN2O5S/c1-3-28-18-14(21)9-13(10-15(18)27-2)11-16-19(25)23(20(26)29-16)12-17(24)22-7-5-4-6-8-22/h9-11H,3-8,12H2,1-2H3/b16-11+. The van der Waals surface area contributed by atoms with E-state index in [2.05, 4.69) is 22.6 Å². The average Bonchev–Trinajstić information content (AvgIpc) is 2.97. The zero-order chi connectivity index (χ0) is 21.0. The molecule has 0 aromatic heterocycles. The Hall–Kier alpha value is -1.75. The monoisotopic (exact) mass is 530 g/mol. The molecule has 0 atom stereocenters. The van der Waals surface area contributed by atoms with Gasteiger partial charge in [-0.3, -0.25) is 19.3 Å². The van der Waals surface area contributed by atoms with E-state index in [0.717, 1.165) is 45.1 Å². The van der Waals surface area contributed by atoms with Crippen LogP contribution in [-0.4, -0.2) is 60.2 Å². The normalized spacial score (nSPS) is 18.5. The molecule has 29 heavy (non-hydrogen) atoms. The number of nitrogens with zero attached hydrogens (tertiary/aromatic N) is 2. The van der Waals surface area contributed by atoms with Crippen LogP contribution in [0.3, 0.4) is 0 Å². The van der Waals surface area contributed by atoms with E-state index in [9.17, 15) is 14.4 Å². The maximum Gasteiger partial charge on any atom is 0.294 e. The number of amides is 3. The van der Waals surface area contributed by atoms with Gasteiger partial charge in [0.05, 0.1) is 22.2 Å². The van der Waals surface area contributed by atoms with Crippen molar-refractivity contribution in [3.8, 4) is 11.5 Å². The number of benzene rings is 1. The first kappa shape index (κ1) is 21.9. The smallest absolute Gasteiger partial charge is 0.294 e. The number of ether oxygens (including phenoxy) is 2. The fourth-order valence-corrected chi connectivity index (χ4v) is 4.89. The number of methoxy groups -OCH3 is 1. The van der Waals surface area contributed by atoms with Gasteiger partial charge in [-0.05, 0) is 84.3 Å². The third kappa shape index (κ3) is 5.06. The van der Waals surface area contributed by atoms with Crippen molar-refractivity contribution in [2.24, 2.45) is 0 Å². The van der Waals surface area contributed by atoms with Crippen LogP contribution in [0, 0.1) is 3.57 Å². The lowest BCUT2D eigenvalue weighted by Crippen LogP contribution is -2.44. The third-order valence-corrected chi connectivity index (χ3v) is 6.42. The van der Waals surface area contributed by atoms with Crippen LogP contribution in [0.5, 0.6) is 11.5 Å². The molecule has 2 fully saturated rings. The van der Waals surface area contributed by atoms with Gasteiger partial charge in [-0.2, -0.15) is 0 Å². The molecular weight excluding hydrogens is 507 g/mol. The second-order valence-corrected chi connectivity index (χ2v) is 8.83. The van der Waals surface area contributed by atoms with Crippen molar-refractivity contribution < 1.29 is 23.9 Å². The Morgan fingerprint density at radius 3 is 2.62 bits per heavy atom. The molecule has 0 N–H and O–H groups in total. The van der Waals surface area contributed by atoms with E-state index in [0.29, 0.717) is 36.1 Å². The lowest BCUT2D eigenvalue weighted by molar-refractivity contribution is -0.136. The molecule has 2 heterocycles. The summed E-state index contributed by atoms with van der Waals surface area (Å²) in [5.74, 6) is 0.594. The predicted molar refractivity (Wildman–Crippen MR) is 120 cm³/mol. The molecule has 0 spiro atoms. The minimum Gasteiger partial charge on any atom is -0.493 e. The van der Waals surface area contributed by atoms with Crippen LogP contribution in [0.25, 0.3) is 6.08 Å². The molecule has 3 rings (SSSR count). The van der Waals surface area contributed by atoms with E-state index in [1.807, 2.05) is 13.0 Å². The zero-order valence-electron chi connectivity index (χ0n) is 16.4. The fourth-order valence-electron chi connectivity index (χ4n) is 3.27. The Labute approximate surface area is 187 Å². The Morgan fingerprint density at radius 1 is 1.24 bits per heavy atom. The topological polar surface area (TPSA) is 76.2 Å². The van der Waals surface area contributed by atoms with Crippen LogP contribution in [0.4, 0.5) is 4.79 Å². The summed E-state index contributed by atoms with van der Waals surface area (Å²) in [5.41, 5.74) is 0.725. The van der Waals surface area contributed by atoms with Gasteiger partial charge in [-0.1, -0.05) is 0 Å². The lowest BCUT2D eigenvalue weighted by Gasteiger charge is -2.27. The zero-order valence-corrected chi connectivity index (χ0v) is 19.4. The number of imide groups is 1. The summed E-state index contributed by atoms with van der Waals surface area (Å²) in [6.45, 7) is 3.58. The van der Waals surface area contributed by atoms with E-state index in [-0.39, 0.29) is 12.5 Å². The molecular formula is C20H23IN2O5S. The van der Waals surface area contributed by atoms with Crippen molar-refractivity contribution in [1.82, 2.24) is 9.80 Å². The highest BCUT2D eigenvalue weighted by Crippen LogP contribution is 2.37. The molecule has 0 saturated carbocycles. The van der Waals surface area contributed by atoms with Gasteiger partial charge in [0.25, 0.3) is 11.1 Å². The molecule has 1 aromatic carbocycles. The first-order valence-electron chi connectivity index (χ1n) is 9.48. The molecule has 3 amide bonds. The van der Waals surface area contributed by atoms with E-state index < -0.39 is 11.1 Å². The first-order valence-corrected chi connectivity index (χ1v) is 11.4. The van der Waals surface area contributed by atoms with Gasteiger partial charge in [0, 0.05) is 13.1 Å². The summed E-state index contributed by atoms with van der Waals surface area (Å²) < 4.78 is 11.8. The van der Waals surface area contributed by atoms with Gasteiger partial charge in [-0.25, -0.2) is 0 Å². The summed E-state index contributed by atoms with van der Waals surface area (Å²) in [6.07, 6.45) is 4.69. The van der Waals surface area contributed by atoms with Gasteiger partial charge >= 0.3 is 0 Å². The Balaban J connectivity index is 1.77. The SMILES string of the molecule is CCOc1c(I)cc(/C=C2/SC(=O)N(CC(=O)N3CCCCC3)C2=O)cc1OC. The maximum absolute atomic E-state index is 12.7. The van der Waals surface area contributed by atoms with Crippen LogP contribution in [-0.2, 0) is 9.59 Å². The van der Waals surface area contributed by atoms with Crippen LogP contribution in [0.2, 0.25) is 0 Å². The van der Waals surface area contributed by atoms with Crippen LogP contribution < -0.4 is 9.47 Å². The molecule has 9 heteroatoms. The van der Waals surface area contributed by atoms with Gasteiger partial charge < -0.3 is 14.4 Å². The van der Waals surface area contributed by atoms with E-state index in [1.54, 1.807) is 24.2 Å². The van der Waals surface area contributed by atoms with Crippen molar-refractivity contribution in [3.05, 3.63) is 26.2 Å². The summed E-state index contributed by atoms with van der Waals surface area (Å²) in [5, 5.41) is -0.417. The fraction of sp³-hybridized carbons (Fsp3) is 0.450. The summed E-state index contributed by atoms with van der Waals surface area (Å²) in [6, 6.07) is 3.63. The van der Waals surface area contributed by atoms with Crippen molar-refractivity contribution in [1.29, 1.82) is 0 Å². The summed E-state index contributed by atoms with van der Waals surface area (Å²) >= 11 is 3.00. The molecule has 0 aliphatic carbocycles. The molecule has 2 aliphatic rings. The number of carbonyl (C=O) groups is 3. The highest BCUT2D eigenvalue weighted by Gasteiger charge is 2.37. The number of rotatable bonds is 6. The van der Waals surface area contributed by atoms with Gasteiger partial charge in [0.15, 0.2) is 11.5 Å². The lowest BCUT2D eigenvalue weighted by atomic mass is 10.1. The number of hydrogen-bond acceptors (Lipinski definition) is 6. The number of piperidine rings is 1. The Morgan fingerprint density at radius 2 is 1.97 bits per heavy atom. The summed E-state index contributed by atoms with van der Waals surface area (Å²) in [4.78, 5) is 40.6. The highest BCUT2D eigenvalue weighted by molar-refractivity contribution is 14.1. The van der Waals surface area contributed by atoms with Crippen LogP contribution >= 0.6 is 34.4 Å². The molecule has 0 bridgehead atoms. The molecule has 0 unspecified atom stereocenters. The van der Waals surface area contributed by atoms with Crippen molar-refractivity contribution in [2.45, 2.75) is 26.2 Å². The summed E-state index contributed by atoms with van der Waals surface area (Å²) in [7, 11) is 1.55. The molecule has 0 radical (unpaired) electrons. The van der Waals surface area contributed by atoms with Crippen molar-refractivity contribution >= 4 is 57.5 Å². The second-order valence-electron chi connectivity index (χ2n) is 6.68. The predicted octanol–water partition coefficient (Wildman–Crippen LogP) is 3.75.